The van der Waals surface area contributed by atoms with Gasteiger partial charge in [0, 0.05) is 38.3 Å². The average molecular weight is 547 g/mol. The Morgan fingerprint density at radius 2 is 1.41 bits per heavy atom. The van der Waals surface area contributed by atoms with Crippen LogP contribution in [0.15, 0.2) is 88.7 Å². The van der Waals surface area contributed by atoms with Gasteiger partial charge in [0.2, 0.25) is 20.0 Å². The first kappa shape index (κ1) is 27.4. The molecule has 4 rings (SSSR count). The molecule has 3 aromatic carbocycles. The van der Waals surface area contributed by atoms with Crippen molar-refractivity contribution in [2.75, 3.05) is 19.7 Å². The van der Waals surface area contributed by atoms with E-state index in [0.29, 0.717) is 6.61 Å². The monoisotopic (exact) mass is 546 g/mol. The summed E-state index contributed by atoms with van der Waals surface area (Å²) in [6.07, 6.45) is 1.27. The smallest absolute Gasteiger partial charge is 0.243 e. The maximum absolute atomic E-state index is 14.4. The molecule has 1 aliphatic heterocycles. The van der Waals surface area contributed by atoms with Crippen molar-refractivity contribution in [1.29, 1.82) is 0 Å². The summed E-state index contributed by atoms with van der Waals surface area (Å²) in [7, 11) is -7.91. The molecule has 0 radical (unpaired) electrons. The molecule has 1 fully saturated rings. The molecule has 1 aliphatic rings. The summed E-state index contributed by atoms with van der Waals surface area (Å²) in [5.74, 6) is -0.491. The highest BCUT2D eigenvalue weighted by Crippen LogP contribution is 2.25. The maximum atomic E-state index is 14.4. The van der Waals surface area contributed by atoms with Gasteiger partial charge < -0.3 is 4.74 Å². The molecule has 7 nitrogen and oxygen atoms in total. The van der Waals surface area contributed by atoms with Gasteiger partial charge in [0.15, 0.2) is 0 Å². The topological polar surface area (TPSA) is 84.0 Å². The van der Waals surface area contributed by atoms with Crippen LogP contribution in [0.5, 0.6) is 0 Å². The maximum Gasteiger partial charge on any atom is 0.243 e. The Morgan fingerprint density at radius 1 is 0.811 bits per heavy atom. The highest BCUT2D eigenvalue weighted by atomic mass is 32.2. The molecule has 0 bridgehead atoms. The van der Waals surface area contributed by atoms with E-state index in [4.69, 9.17) is 4.74 Å². The lowest BCUT2D eigenvalue weighted by Crippen LogP contribution is -2.37. The van der Waals surface area contributed by atoms with Crippen LogP contribution in [0, 0.1) is 5.82 Å². The minimum Gasteiger partial charge on any atom is -0.377 e. The van der Waals surface area contributed by atoms with E-state index < -0.39 is 25.9 Å². The molecule has 1 heterocycles. The zero-order valence-corrected chi connectivity index (χ0v) is 22.3. The van der Waals surface area contributed by atoms with Gasteiger partial charge in [0.25, 0.3) is 0 Å². The van der Waals surface area contributed by atoms with Crippen LogP contribution in [-0.2, 0) is 37.9 Å². The van der Waals surface area contributed by atoms with Crippen molar-refractivity contribution in [2.24, 2.45) is 0 Å². The number of rotatable bonds is 11. The molecule has 0 aliphatic carbocycles. The van der Waals surface area contributed by atoms with Crippen LogP contribution in [-0.4, -0.2) is 51.2 Å². The van der Waals surface area contributed by atoms with E-state index >= 15 is 0 Å². The Bertz CT molecular complexity index is 1390. The molecule has 0 unspecified atom stereocenters. The van der Waals surface area contributed by atoms with Gasteiger partial charge in [-0.1, -0.05) is 55.5 Å². The molecule has 10 heteroatoms. The highest BCUT2D eigenvalue weighted by Gasteiger charge is 2.31. The lowest BCUT2D eigenvalue weighted by molar-refractivity contribution is 0.0924. The summed E-state index contributed by atoms with van der Waals surface area (Å²) >= 11 is 0. The molecule has 0 amide bonds. The summed E-state index contributed by atoms with van der Waals surface area (Å²) in [5.41, 5.74) is 1.10. The molecular weight excluding hydrogens is 515 g/mol. The van der Waals surface area contributed by atoms with Crippen molar-refractivity contribution < 1.29 is 26.0 Å². The molecule has 37 heavy (non-hydrogen) atoms. The Morgan fingerprint density at radius 3 is 1.97 bits per heavy atom. The molecule has 198 valence electrons. The number of sulfonamides is 2. The average Bonchev–Trinajstić information content (AvgIpc) is 3.42. The van der Waals surface area contributed by atoms with Crippen molar-refractivity contribution in [1.82, 2.24) is 8.61 Å². The van der Waals surface area contributed by atoms with Gasteiger partial charge in [-0.05, 0) is 48.7 Å². The van der Waals surface area contributed by atoms with Gasteiger partial charge >= 0.3 is 0 Å². The van der Waals surface area contributed by atoms with Gasteiger partial charge in [0.1, 0.15) is 5.82 Å². The number of halogens is 1. The SMILES string of the molecule is CCN(Cc1ccccc1)S(=O)(=O)c1ccc(S(=O)(=O)N(Cc2ccccc2F)C[C@@H]2CCCO2)cc1. The Hall–Kier alpha value is -2.63. The minimum atomic E-state index is -4.06. The summed E-state index contributed by atoms with van der Waals surface area (Å²) < 4.78 is 76.4. The quantitative estimate of drug-likeness (QED) is 0.356. The highest BCUT2D eigenvalue weighted by molar-refractivity contribution is 7.89. The van der Waals surface area contributed by atoms with Crippen LogP contribution in [0.4, 0.5) is 4.39 Å². The van der Waals surface area contributed by atoms with E-state index in [9.17, 15) is 21.2 Å². The zero-order chi connectivity index (χ0) is 26.5. The lowest BCUT2D eigenvalue weighted by Gasteiger charge is -2.25. The molecule has 0 aromatic heterocycles. The van der Waals surface area contributed by atoms with Crippen molar-refractivity contribution >= 4 is 20.0 Å². The van der Waals surface area contributed by atoms with Gasteiger partial charge in [-0.3, -0.25) is 0 Å². The van der Waals surface area contributed by atoms with E-state index in [1.807, 2.05) is 30.3 Å². The van der Waals surface area contributed by atoms with Crippen molar-refractivity contribution in [3.8, 4) is 0 Å². The van der Waals surface area contributed by atoms with Crippen LogP contribution < -0.4 is 0 Å². The molecule has 1 atom stereocenters. The fourth-order valence-corrected chi connectivity index (χ4v) is 7.20. The van der Waals surface area contributed by atoms with Crippen molar-refractivity contribution in [3.63, 3.8) is 0 Å². The van der Waals surface area contributed by atoms with Gasteiger partial charge in [-0.15, -0.1) is 0 Å². The zero-order valence-electron chi connectivity index (χ0n) is 20.7. The number of benzene rings is 3. The molecular formula is C27H31FN2O5S2. The summed E-state index contributed by atoms with van der Waals surface area (Å²) in [6.45, 7) is 2.70. The third-order valence-electron chi connectivity index (χ3n) is 6.39. The molecule has 3 aromatic rings. The lowest BCUT2D eigenvalue weighted by atomic mass is 10.2. The summed E-state index contributed by atoms with van der Waals surface area (Å²) in [4.78, 5) is -0.0593. The van der Waals surface area contributed by atoms with Crippen LogP contribution in [0.25, 0.3) is 0 Å². The number of nitrogens with zero attached hydrogens (tertiary/aromatic N) is 2. The van der Waals surface area contributed by atoms with Gasteiger partial charge in [-0.2, -0.15) is 8.61 Å². The van der Waals surface area contributed by atoms with Crippen molar-refractivity contribution in [3.05, 3.63) is 95.8 Å². The second-order valence-corrected chi connectivity index (χ2v) is 12.8. The van der Waals surface area contributed by atoms with Crippen LogP contribution in [0.1, 0.15) is 30.9 Å². The molecule has 0 saturated carbocycles. The third-order valence-corrected chi connectivity index (χ3v) is 10.2. The number of hydrogen-bond acceptors (Lipinski definition) is 5. The van der Waals surface area contributed by atoms with Gasteiger partial charge in [0.05, 0.1) is 15.9 Å². The fourth-order valence-electron chi connectivity index (χ4n) is 4.32. The fraction of sp³-hybridized carbons (Fsp3) is 0.333. The second kappa shape index (κ2) is 11.8. The van der Waals surface area contributed by atoms with E-state index in [2.05, 4.69) is 0 Å². The molecule has 0 N–H and O–H groups in total. The normalized spacial score (nSPS) is 16.5. The van der Waals surface area contributed by atoms with Crippen LogP contribution >= 0.6 is 0 Å². The summed E-state index contributed by atoms with van der Waals surface area (Å²) in [6, 6.07) is 20.5. The molecule has 1 saturated heterocycles. The first-order chi connectivity index (χ1) is 17.7. The number of hydrogen-bond donors (Lipinski definition) is 0. The first-order valence-corrected chi connectivity index (χ1v) is 15.1. The number of ether oxygens (including phenoxy) is 1. The second-order valence-electron chi connectivity index (χ2n) is 8.91. The van der Waals surface area contributed by atoms with E-state index in [1.54, 1.807) is 25.1 Å². The van der Waals surface area contributed by atoms with E-state index in [0.717, 1.165) is 18.4 Å². The van der Waals surface area contributed by atoms with E-state index in [1.165, 1.54) is 38.9 Å². The van der Waals surface area contributed by atoms with E-state index in [-0.39, 0.29) is 47.6 Å². The Kier molecular flexibility index (Phi) is 8.76. The summed E-state index contributed by atoms with van der Waals surface area (Å²) in [5, 5.41) is 0. The van der Waals surface area contributed by atoms with Gasteiger partial charge in [-0.25, -0.2) is 21.2 Å². The largest absolute Gasteiger partial charge is 0.377 e. The van der Waals surface area contributed by atoms with Crippen molar-refractivity contribution in [2.45, 2.75) is 48.7 Å². The molecule has 0 spiro atoms. The Balaban J connectivity index is 1.59. The predicted octanol–water partition coefficient (Wildman–Crippen LogP) is 4.41. The van der Waals surface area contributed by atoms with Crippen LogP contribution in [0.3, 0.4) is 0 Å². The third kappa shape index (κ3) is 6.45. The Labute approximate surface area is 218 Å². The first-order valence-electron chi connectivity index (χ1n) is 12.2. The standard InChI is InChI=1S/C27H31FN2O5S2/c1-2-29(19-22-9-4-3-5-10-22)36(31,32)25-14-16-26(17-15-25)37(33,34)30(21-24-12-8-18-35-24)20-23-11-6-7-13-27(23)28/h3-7,9-11,13-17,24H,2,8,12,18-21H2,1H3/t24-/m0/s1. The van der Waals surface area contributed by atoms with Crippen LogP contribution in [0.2, 0.25) is 0 Å². The minimum absolute atomic E-state index is 0.00371. The predicted molar refractivity (Wildman–Crippen MR) is 139 cm³/mol.